The summed E-state index contributed by atoms with van der Waals surface area (Å²) in [5.41, 5.74) is 1.03. The molecule has 3 aromatic rings. The van der Waals surface area contributed by atoms with Crippen LogP contribution < -0.4 is 15.5 Å². The summed E-state index contributed by atoms with van der Waals surface area (Å²) < 4.78 is 15.0. The molecule has 136 valence electrons. The Morgan fingerprint density at radius 2 is 2.11 bits per heavy atom. The predicted molar refractivity (Wildman–Crippen MR) is 102 cm³/mol. The fourth-order valence-electron chi connectivity index (χ4n) is 3.07. The Labute approximate surface area is 160 Å². The molecule has 27 heavy (non-hydrogen) atoms. The molecule has 7 heteroatoms. The van der Waals surface area contributed by atoms with Gasteiger partial charge in [-0.2, -0.15) is 0 Å². The van der Waals surface area contributed by atoms with Gasteiger partial charge in [0.2, 0.25) is 5.43 Å². The summed E-state index contributed by atoms with van der Waals surface area (Å²) in [6, 6.07) is 9.93. The van der Waals surface area contributed by atoms with E-state index in [4.69, 9.17) is 17.7 Å². The molecule has 6 nitrogen and oxygen atoms in total. The van der Waals surface area contributed by atoms with Gasteiger partial charge in [0, 0.05) is 23.3 Å². The number of hydrogen-bond donors (Lipinski definition) is 1. The SMILES string of the molecule is [3H]C1Cn2cc(C(=O)NCc3ccc(Cl)cc3)c(=O)c3cc(C=O)cc(c32)O1. The Morgan fingerprint density at radius 1 is 1.33 bits per heavy atom. The number of rotatable bonds is 4. The van der Waals surface area contributed by atoms with Gasteiger partial charge in [-0.3, -0.25) is 14.4 Å². The number of hydrogen-bond acceptors (Lipinski definition) is 4. The van der Waals surface area contributed by atoms with Crippen LogP contribution >= 0.6 is 11.6 Å². The Bertz CT molecular complexity index is 1160. The van der Waals surface area contributed by atoms with Gasteiger partial charge in [0.05, 0.1) is 18.8 Å². The van der Waals surface area contributed by atoms with E-state index in [2.05, 4.69) is 5.32 Å². The van der Waals surface area contributed by atoms with Crippen LogP contribution in [0.15, 0.2) is 47.4 Å². The zero-order valence-corrected chi connectivity index (χ0v) is 14.8. The minimum Gasteiger partial charge on any atom is -0.489 e. The van der Waals surface area contributed by atoms with Gasteiger partial charge in [-0.1, -0.05) is 23.7 Å². The summed E-state index contributed by atoms with van der Waals surface area (Å²) in [5.74, 6) is -0.243. The molecule has 1 amide bonds. The van der Waals surface area contributed by atoms with E-state index >= 15 is 0 Å². The lowest BCUT2D eigenvalue weighted by atomic mass is 10.1. The van der Waals surface area contributed by atoms with Gasteiger partial charge >= 0.3 is 0 Å². The second kappa shape index (κ2) is 6.89. The van der Waals surface area contributed by atoms with E-state index in [-0.39, 0.29) is 35.4 Å². The number of carbonyl (C=O) groups is 2. The lowest BCUT2D eigenvalue weighted by Crippen LogP contribution is -2.30. The molecular formula is C20H15ClN2O4. The second-order valence-corrected chi connectivity index (χ2v) is 6.59. The number of pyridine rings is 1. The van der Waals surface area contributed by atoms with Crippen LogP contribution in [0.4, 0.5) is 0 Å². The van der Waals surface area contributed by atoms with Crippen molar-refractivity contribution in [2.45, 2.75) is 13.1 Å². The average molecular weight is 385 g/mol. The van der Waals surface area contributed by atoms with Gasteiger partial charge in [-0.05, 0) is 29.8 Å². The Kier molecular flexibility index (Phi) is 4.10. The zero-order chi connectivity index (χ0) is 19.8. The lowest BCUT2D eigenvalue weighted by molar-refractivity contribution is 0.0948. The number of aldehydes is 1. The number of carbonyl (C=O) groups excluding carboxylic acids is 2. The van der Waals surface area contributed by atoms with Crippen LogP contribution in [0.3, 0.4) is 0 Å². The van der Waals surface area contributed by atoms with E-state index in [1.165, 1.54) is 18.3 Å². The van der Waals surface area contributed by atoms with Gasteiger partial charge < -0.3 is 14.6 Å². The van der Waals surface area contributed by atoms with Crippen molar-refractivity contribution in [1.82, 2.24) is 9.88 Å². The molecule has 1 aliphatic rings. The first kappa shape index (κ1) is 16.1. The number of aromatic nitrogens is 1. The van der Waals surface area contributed by atoms with Crippen LogP contribution in [0.1, 0.15) is 27.7 Å². The van der Waals surface area contributed by atoms with Crippen molar-refractivity contribution in [1.29, 1.82) is 0 Å². The van der Waals surface area contributed by atoms with Crippen molar-refractivity contribution in [2.75, 3.05) is 6.58 Å². The van der Waals surface area contributed by atoms with Crippen molar-refractivity contribution >= 4 is 34.7 Å². The molecule has 1 atom stereocenters. The largest absolute Gasteiger partial charge is 0.489 e. The molecule has 0 bridgehead atoms. The van der Waals surface area contributed by atoms with Crippen LogP contribution in [-0.4, -0.2) is 23.3 Å². The zero-order valence-electron chi connectivity index (χ0n) is 15.1. The first-order chi connectivity index (χ1) is 13.5. The number of nitrogens with zero attached hydrogens (tertiary/aromatic N) is 1. The van der Waals surface area contributed by atoms with Gasteiger partial charge in [0.1, 0.15) is 24.2 Å². The Balaban J connectivity index is 1.74. The monoisotopic (exact) mass is 384 g/mol. The van der Waals surface area contributed by atoms with Gasteiger partial charge in [-0.25, -0.2) is 0 Å². The maximum Gasteiger partial charge on any atom is 0.257 e. The number of ether oxygens (including phenoxy) is 1. The van der Waals surface area contributed by atoms with Crippen LogP contribution in [0.25, 0.3) is 10.9 Å². The molecule has 2 aromatic carbocycles. The number of amides is 1. The summed E-state index contributed by atoms with van der Waals surface area (Å²) >= 11 is 5.85. The van der Waals surface area contributed by atoms with Crippen molar-refractivity contribution in [3.63, 3.8) is 0 Å². The first-order valence-electron chi connectivity index (χ1n) is 8.82. The highest BCUT2D eigenvalue weighted by atomic mass is 35.5. The van der Waals surface area contributed by atoms with Gasteiger partial charge in [0.15, 0.2) is 0 Å². The van der Waals surface area contributed by atoms with Gasteiger partial charge in [0.25, 0.3) is 5.91 Å². The topological polar surface area (TPSA) is 77.4 Å². The molecule has 2 heterocycles. The molecule has 0 aliphatic carbocycles. The number of nitrogens with one attached hydrogen (secondary N) is 1. The molecular weight excluding hydrogens is 368 g/mol. The fraction of sp³-hybridized carbons (Fsp3) is 0.150. The normalized spacial score (nSPS) is 15.7. The van der Waals surface area contributed by atoms with Crippen LogP contribution in [0.2, 0.25) is 5.02 Å². The molecule has 1 unspecified atom stereocenters. The molecule has 0 radical (unpaired) electrons. The Morgan fingerprint density at radius 3 is 2.85 bits per heavy atom. The predicted octanol–water partition coefficient (Wildman–Crippen LogP) is 2.79. The van der Waals surface area contributed by atoms with Crippen LogP contribution in [-0.2, 0) is 13.1 Å². The summed E-state index contributed by atoms with van der Waals surface area (Å²) in [7, 11) is 0. The molecule has 0 fully saturated rings. The average Bonchev–Trinajstić information content (AvgIpc) is 2.69. The van der Waals surface area contributed by atoms with Crippen molar-refractivity contribution in [3.05, 3.63) is 74.5 Å². The van der Waals surface area contributed by atoms with E-state index < -0.39 is 17.9 Å². The highest BCUT2D eigenvalue weighted by Crippen LogP contribution is 2.28. The molecule has 4 rings (SSSR count). The van der Waals surface area contributed by atoms with Crippen molar-refractivity contribution in [2.24, 2.45) is 0 Å². The molecule has 1 aromatic heterocycles. The fourth-order valence-corrected chi connectivity index (χ4v) is 3.20. The second-order valence-electron chi connectivity index (χ2n) is 6.15. The molecule has 1 N–H and O–H groups in total. The van der Waals surface area contributed by atoms with Crippen LogP contribution in [0.5, 0.6) is 5.75 Å². The third-order valence-electron chi connectivity index (χ3n) is 4.39. The lowest BCUT2D eigenvalue weighted by Gasteiger charge is -2.21. The van der Waals surface area contributed by atoms with E-state index in [9.17, 15) is 14.4 Å². The summed E-state index contributed by atoms with van der Waals surface area (Å²) in [6.07, 6.45) is 2.04. The van der Waals surface area contributed by atoms with E-state index in [0.717, 1.165) is 5.56 Å². The number of halogens is 1. The number of aryl methyl sites for hydroxylation is 1. The smallest absolute Gasteiger partial charge is 0.257 e. The molecule has 0 saturated heterocycles. The standard InChI is InChI=1S/C20H15ClN2O4/c21-14-3-1-12(2-4-14)9-22-20(26)16-10-23-5-6-27-17-8-13(11-24)7-15(18(17)23)19(16)25/h1-4,7-8,10-11H,5-6,9H2,(H,22,26)/i6T. The summed E-state index contributed by atoms with van der Waals surface area (Å²) in [5, 5.41) is 3.53. The third-order valence-corrected chi connectivity index (χ3v) is 4.64. The molecule has 0 spiro atoms. The van der Waals surface area contributed by atoms with Crippen molar-refractivity contribution < 1.29 is 15.7 Å². The maximum absolute atomic E-state index is 12.9. The van der Waals surface area contributed by atoms with Crippen molar-refractivity contribution in [3.8, 4) is 5.75 Å². The van der Waals surface area contributed by atoms with Crippen LogP contribution in [0, 0.1) is 0 Å². The molecule has 0 saturated carbocycles. The minimum atomic E-state index is -0.898. The first-order valence-corrected chi connectivity index (χ1v) is 8.62. The van der Waals surface area contributed by atoms with Gasteiger partial charge in [-0.15, -0.1) is 0 Å². The van der Waals surface area contributed by atoms with E-state index in [1.807, 2.05) is 0 Å². The van der Waals surface area contributed by atoms with E-state index in [1.54, 1.807) is 28.8 Å². The number of benzene rings is 2. The highest BCUT2D eigenvalue weighted by molar-refractivity contribution is 6.30. The summed E-state index contributed by atoms with van der Waals surface area (Å²) in [4.78, 5) is 36.8. The maximum atomic E-state index is 12.9. The highest BCUT2D eigenvalue weighted by Gasteiger charge is 2.21. The Hall–Kier alpha value is -3.12. The van der Waals surface area contributed by atoms with E-state index in [0.29, 0.717) is 16.8 Å². The molecule has 1 aliphatic heterocycles. The summed E-state index contributed by atoms with van der Waals surface area (Å²) in [6.45, 7) is -0.496. The third kappa shape index (κ3) is 3.19. The quantitative estimate of drug-likeness (QED) is 0.702. The minimum absolute atomic E-state index is 0.0513.